The molecule has 0 aromatic heterocycles. The van der Waals surface area contributed by atoms with E-state index in [4.69, 9.17) is 9.47 Å². The quantitative estimate of drug-likeness (QED) is 0.156. The molecule has 0 amide bonds. The molecule has 10 atom stereocenters. The first kappa shape index (κ1) is 36.9. The van der Waals surface area contributed by atoms with Gasteiger partial charge in [0.15, 0.2) is 0 Å². The van der Waals surface area contributed by atoms with Crippen molar-refractivity contribution in [1.82, 2.24) is 0 Å². The second-order valence-electron chi connectivity index (χ2n) is 18.9. The van der Waals surface area contributed by atoms with E-state index in [-0.39, 0.29) is 45.1 Å². The van der Waals surface area contributed by atoms with Crippen molar-refractivity contribution in [1.29, 1.82) is 0 Å². The van der Waals surface area contributed by atoms with E-state index in [2.05, 4.69) is 48.1 Å². The van der Waals surface area contributed by atoms with E-state index in [1.54, 1.807) is 12.2 Å². The highest BCUT2D eigenvalue weighted by atomic mass is 16.5. The summed E-state index contributed by atoms with van der Waals surface area (Å²) in [5, 5.41) is 0. The summed E-state index contributed by atoms with van der Waals surface area (Å²) in [4.78, 5) is 26.2. The van der Waals surface area contributed by atoms with Crippen molar-refractivity contribution in [2.45, 2.75) is 112 Å². The molecule has 2 aromatic rings. The number of benzene rings is 2. The van der Waals surface area contributed by atoms with Crippen LogP contribution in [0.4, 0.5) is 0 Å². The molecule has 0 radical (unpaired) electrons. The van der Waals surface area contributed by atoms with Gasteiger partial charge in [-0.15, -0.1) is 0 Å². The predicted octanol–water partition coefficient (Wildman–Crippen LogP) is 11.5. The van der Waals surface area contributed by atoms with Crippen LogP contribution < -0.4 is 0 Å². The van der Waals surface area contributed by atoms with Crippen molar-refractivity contribution >= 4 is 24.1 Å². The first-order valence-corrected chi connectivity index (χ1v) is 20.2. The minimum Gasteiger partial charge on any atom is -0.462 e. The maximum atomic E-state index is 13.1. The van der Waals surface area contributed by atoms with Gasteiger partial charge in [0, 0.05) is 23.0 Å². The number of fused-ring (bicyclic) bond motifs is 7. The molecule has 0 bridgehead atoms. The molecule has 5 aliphatic carbocycles. The van der Waals surface area contributed by atoms with Crippen molar-refractivity contribution in [3.05, 3.63) is 96.1 Å². The van der Waals surface area contributed by atoms with Crippen molar-refractivity contribution in [3.63, 3.8) is 0 Å². The molecule has 5 fully saturated rings. The van der Waals surface area contributed by atoms with Crippen LogP contribution in [-0.2, 0) is 19.1 Å². The Hall–Kier alpha value is -3.40. The highest BCUT2D eigenvalue weighted by Crippen LogP contribution is 2.77. The zero-order valence-electron chi connectivity index (χ0n) is 32.7. The van der Waals surface area contributed by atoms with Crippen LogP contribution in [0.2, 0.25) is 0 Å². The van der Waals surface area contributed by atoms with Crippen LogP contribution in [0.15, 0.2) is 85.0 Å². The molecule has 0 unspecified atom stereocenters. The SMILES string of the molecule is C=C(C)[C@H]1CC[C@@]2(COC(=O)/C=C/c3ccccc3)CC[C@]3(C)[C@H](CC[C@H]4[C@@]5(C)CC[C@@H](OC(=O)/C=C/c6ccccc6)C(C)(C)[C@H]5CC[C@@]43C)[C@@H]12. The molecule has 0 N–H and O–H groups in total. The van der Waals surface area contributed by atoms with Gasteiger partial charge in [-0.3, -0.25) is 0 Å². The summed E-state index contributed by atoms with van der Waals surface area (Å²) >= 11 is 0. The molecule has 5 saturated carbocycles. The lowest BCUT2D eigenvalue weighted by molar-refractivity contribution is -0.251. The van der Waals surface area contributed by atoms with Gasteiger partial charge in [0.05, 0.1) is 6.61 Å². The molecule has 278 valence electrons. The molecule has 4 nitrogen and oxygen atoms in total. The number of allylic oxidation sites excluding steroid dienone is 1. The summed E-state index contributed by atoms with van der Waals surface area (Å²) in [6, 6.07) is 19.9. The van der Waals surface area contributed by atoms with Gasteiger partial charge in [-0.05, 0) is 140 Å². The maximum Gasteiger partial charge on any atom is 0.331 e. The number of rotatable bonds is 8. The van der Waals surface area contributed by atoms with Gasteiger partial charge in [-0.25, -0.2) is 9.59 Å². The number of hydrogen-bond donors (Lipinski definition) is 0. The number of hydrogen-bond acceptors (Lipinski definition) is 4. The normalized spacial score (nSPS) is 39.2. The first-order valence-electron chi connectivity index (χ1n) is 20.2. The van der Waals surface area contributed by atoms with Gasteiger partial charge in [0.2, 0.25) is 0 Å². The van der Waals surface area contributed by atoms with E-state index < -0.39 is 0 Å². The Morgan fingerprint density at radius 3 is 1.98 bits per heavy atom. The topological polar surface area (TPSA) is 52.6 Å². The molecule has 2 aromatic carbocycles. The molecular weight excluding hydrogens is 641 g/mol. The summed E-state index contributed by atoms with van der Waals surface area (Å²) in [5.74, 6) is 2.24. The van der Waals surface area contributed by atoms with Crippen LogP contribution >= 0.6 is 0 Å². The Balaban J connectivity index is 1.09. The summed E-state index contributed by atoms with van der Waals surface area (Å²) in [7, 11) is 0. The minimum absolute atomic E-state index is 0.0211. The van der Waals surface area contributed by atoms with Gasteiger partial charge in [0.25, 0.3) is 0 Å². The van der Waals surface area contributed by atoms with E-state index in [0.29, 0.717) is 36.2 Å². The van der Waals surface area contributed by atoms with Gasteiger partial charge >= 0.3 is 11.9 Å². The van der Waals surface area contributed by atoms with Crippen LogP contribution in [0.3, 0.4) is 0 Å². The smallest absolute Gasteiger partial charge is 0.331 e. The molecule has 0 aliphatic heterocycles. The third-order valence-corrected chi connectivity index (χ3v) is 16.4. The number of carbonyl (C=O) groups is 2. The summed E-state index contributed by atoms with van der Waals surface area (Å²) in [5.41, 5.74) is 3.89. The van der Waals surface area contributed by atoms with Crippen LogP contribution in [0, 0.1) is 56.7 Å². The molecular formula is C48H62O4. The van der Waals surface area contributed by atoms with E-state index in [1.807, 2.05) is 72.8 Å². The molecule has 4 heteroatoms. The number of carbonyl (C=O) groups excluding carboxylic acids is 2. The monoisotopic (exact) mass is 702 g/mol. The van der Waals surface area contributed by atoms with Crippen LogP contribution in [0.1, 0.15) is 117 Å². The van der Waals surface area contributed by atoms with E-state index in [0.717, 1.165) is 43.2 Å². The van der Waals surface area contributed by atoms with Crippen molar-refractivity contribution in [2.75, 3.05) is 6.61 Å². The largest absolute Gasteiger partial charge is 0.462 e. The fraction of sp³-hybridized carbons (Fsp3) is 0.583. The number of ether oxygens (including phenoxy) is 2. The summed E-state index contributed by atoms with van der Waals surface area (Å²) in [6.07, 6.45) is 18.3. The predicted molar refractivity (Wildman–Crippen MR) is 211 cm³/mol. The molecule has 0 spiro atoms. The molecule has 0 heterocycles. The Labute approximate surface area is 313 Å². The van der Waals surface area contributed by atoms with Crippen molar-refractivity contribution in [3.8, 4) is 0 Å². The maximum absolute atomic E-state index is 13.1. The van der Waals surface area contributed by atoms with Gasteiger partial charge in [-0.1, -0.05) is 107 Å². The fourth-order valence-corrected chi connectivity index (χ4v) is 13.6. The fourth-order valence-electron chi connectivity index (χ4n) is 13.6. The van der Waals surface area contributed by atoms with Crippen LogP contribution in [0.5, 0.6) is 0 Å². The summed E-state index contributed by atoms with van der Waals surface area (Å²) < 4.78 is 12.5. The van der Waals surface area contributed by atoms with Crippen molar-refractivity contribution < 1.29 is 19.1 Å². The summed E-state index contributed by atoms with van der Waals surface area (Å²) in [6.45, 7) is 20.0. The third kappa shape index (κ3) is 6.14. The first-order chi connectivity index (χ1) is 24.7. The van der Waals surface area contributed by atoms with E-state index in [1.165, 1.54) is 37.7 Å². The highest BCUT2D eigenvalue weighted by molar-refractivity contribution is 5.87. The average Bonchev–Trinajstić information content (AvgIpc) is 3.52. The molecule has 0 saturated heterocycles. The second-order valence-corrected chi connectivity index (χ2v) is 18.9. The Kier molecular flexibility index (Phi) is 9.79. The lowest BCUT2D eigenvalue weighted by atomic mass is 9.32. The molecule has 5 aliphatic rings. The van der Waals surface area contributed by atoms with Crippen molar-refractivity contribution in [2.24, 2.45) is 56.7 Å². The van der Waals surface area contributed by atoms with E-state index >= 15 is 0 Å². The zero-order chi connectivity index (χ0) is 36.9. The lowest BCUT2D eigenvalue weighted by Crippen LogP contribution is -2.67. The van der Waals surface area contributed by atoms with Gasteiger partial charge in [-0.2, -0.15) is 0 Å². The Morgan fingerprint density at radius 2 is 1.35 bits per heavy atom. The molecule has 52 heavy (non-hydrogen) atoms. The Bertz CT molecular complexity index is 1710. The molecule has 7 rings (SSSR count). The minimum atomic E-state index is -0.234. The zero-order valence-corrected chi connectivity index (χ0v) is 32.7. The van der Waals surface area contributed by atoms with E-state index in [9.17, 15) is 9.59 Å². The van der Waals surface area contributed by atoms with Gasteiger partial charge in [0.1, 0.15) is 6.10 Å². The lowest BCUT2D eigenvalue weighted by Gasteiger charge is -2.73. The second kappa shape index (κ2) is 13.8. The van der Waals surface area contributed by atoms with Crippen LogP contribution in [-0.4, -0.2) is 24.6 Å². The number of esters is 2. The standard InChI is InChI=1S/C48H62O4/c1-33(2)36-24-29-48(32-51-41(49)22-18-34-14-10-8-11-15-34)31-30-46(6)37(43(36)48)20-21-39-45(5)27-26-40(44(3,4)38(45)25-28-47(39,46)7)52-42(50)23-19-35-16-12-9-13-17-35/h8-19,22-23,36-40,43H,1,20-21,24-32H2,2-7H3/b22-18+,23-19+/t36-,37-,38-,39+,40-,43-,45+,46-,47+,48+/m1/s1. The third-order valence-electron chi connectivity index (χ3n) is 16.4. The van der Waals surface area contributed by atoms with Crippen LogP contribution in [0.25, 0.3) is 12.2 Å². The Morgan fingerprint density at radius 1 is 0.712 bits per heavy atom. The highest BCUT2D eigenvalue weighted by Gasteiger charge is 2.71. The average molecular weight is 703 g/mol. The van der Waals surface area contributed by atoms with Gasteiger partial charge < -0.3 is 9.47 Å².